The summed E-state index contributed by atoms with van der Waals surface area (Å²) in [6.45, 7) is 6.15. The van der Waals surface area contributed by atoms with Crippen LogP contribution in [0.15, 0.2) is 42.5 Å². The zero-order valence-corrected chi connectivity index (χ0v) is 17.8. The van der Waals surface area contributed by atoms with Crippen molar-refractivity contribution >= 4 is 22.6 Å². The highest BCUT2D eigenvalue weighted by Crippen LogP contribution is 2.24. The topological polar surface area (TPSA) is 66.6 Å². The first kappa shape index (κ1) is 21.3. The van der Waals surface area contributed by atoms with Crippen molar-refractivity contribution in [3.63, 3.8) is 0 Å². The van der Waals surface area contributed by atoms with E-state index in [9.17, 15) is 9.59 Å². The van der Waals surface area contributed by atoms with Crippen molar-refractivity contribution in [2.75, 3.05) is 26.7 Å². The fourth-order valence-electron chi connectivity index (χ4n) is 4.01. The van der Waals surface area contributed by atoms with Crippen LogP contribution in [-0.4, -0.2) is 54.3 Å². The summed E-state index contributed by atoms with van der Waals surface area (Å²) >= 11 is 0. The van der Waals surface area contributed by atoms with Crippen molar-refractivity contribution in [3.8, 4) is 0 Å². The largest absolute Gasteiger partial charge is 0.345 e. The molecule has 156 valence electrons. The molecular weight excluding hydrogens is 362 g/mol. The Labute approximate surface area is 173 Å². The number of benzene rings is 2. The van der Waals surface area contributed by atoms with Crippen LogP contribution in [-0.2, 0) is 4.79 Å². The van der Waals surface area contributed by atoms with Gasteiger partial charge >= 0.3 is 0 Å². The molecule has 5 heteroatoms. The quantitative estimate of drug-likeness (QED) is 0.814. The number of piperidine rings is 1. The number of carbonyl (C=O) groups is 2. The van der Waals surface area contributed by atoms with E-state index in [4.69, 9.17) is 5.73 Å². The zero-order valence-electron chi connectivity index (χ0n) is 17.8. The Kier molecular flexibility index (Phi) is 6.91. The van der Waals surface area contributed by atoms with Gasteiger partial charge in [0, 0.05) is 44.2 Å². The predicted octanol–water partition coefficient (Wildman–Crippen LogP) is 3.52. The van der Waals surface area contributed by atoms with Crippen molar-refractivity contribution < 1.29 is 9.59 Å². The molecule has 2 N–H and O–H groups in total. The maximum absolute atomic E-state index is 13.1. The molecular formula is C24H33N3O2. The summed E-state index contributed by atoms with van der Waals surface area (Å²) in [7, 11) is 1.86. The number of nitrogens with two attached hydrogens (primary N) is 1. The monoisotopic (exact) mass is 395 g/mol. The summed E-state index contributed by atoms with van der Waals surface area (Å²) in [6, 6.07) is 13.9. The maximum Gasteiger partial charge on any atom is 0.254 e. The van der Waals surface area contributed by atoms with Gasteiger partial charge in [0.05, 0.1) is 0 Å². The van der Waals surface area contributed by atoms with Gasteiger partial charge in [-0.25, -0.2) is 0 Å². The molecule has 29 heavy (non-hydrogen) atoms. The summed E-state index contributed by atoms with van der Waals surface area (Å²) in [6.07, 6.45) is 2.25. The average molecular weight is 396 g/mol. The van der Waals surface area contributed by atoms with Crippen LogP contribution in [0.4, 0.5) is 0 Å². The number of nitrogens with zero attached hydrogens (tertiary/aromatic N) is 2. The lowest BCUT2D eigenvalue weighted by atomic mass is 9.94. The van der Waals surface area contributed by atoms with Crippen LogP contribution < -0.4 is 5.73 Å². The molecule has 0 saturated carbocycles. The van der Waals surface area contributed by atoms with E-state index in [1.54, 1.807) is 0 Å². The summed E-state index contributed by atoms with van der Waals surface area (Å²) in [5, 5.41) is 2.06. The van der Waals surface area contributed by atoms with Gasteiger partial charge in [-0.2, -0.15) is 0 Å². The number of hydrogen-bond acceptors (Lipinski definition) is 3. The third-order valence-corrected chi connectivity index (χ3v) is 6.18. The first-order valence-corrected chi connectivity index (χ1v) is 10.7. The molecule has 1 aliphatic rings. The second-order valence-electron chi connectivity index (χ2n) is 8.55. The molecule has 2 aromatic rings. The third kappa shape index (κ3) is 4.96. The van der Waals surface area contributed by atoms with Crippen LogP contribution in [0.2, 0.25) is 0 Å². The van der Waals surface area contributed by atoms with Crippen molar-refractivity contribution in [1.29, 1.82) is 0 Å². The van der Waals surface area contributed by atoms with Crippen LogP contribution >= 0.6 is 0 Å². The molecule has 3 rings (SSSR count). The van der Waals surface area contributed by atoms with Gasteiger partial charge in [0.1, 0.15) is 0 Å². The zero-order chi connectivity index (χ0) is 21.0. The van der Waals surface area contributed by atoms with Gasteiger partial charge in [-0.15, -0.1) is 0 Å². The number of likely N-dealkylation sites (tertiary alicyclic amines) is 1. The Hall–Kier alpha value is -2.40. The minimum Gasteiger partial charge on any atom is -0.345 e. The summed E-state index contributed by atoms with van der Waals surface area (Å²) in [4.78, 5) is 29.6. The molecule has 0 spiro atoms. The molecule has 0 bridgehead atoms. The van der Waals surface area contributed by atoms with E-state index < -0.39 is 0 Å². The molecule has 2 aromatic carbocycles. The highest BCUT2D eigenvalue weighted by Gasteiger charge is 2.30. The molecule has 1 saturated heterocycles. The van der Waals surface area contributed by atoms with Crippen LogP contribution in [0.3, 0.4) is 0 Å². The number of hydrogen-bond donors (Lipinski definition) is 1. The molecule has 0 aliphatic carbocycles. The van der Waals surface area contributed by atoms with Crippen LogP contribution in [0, 0.1) is 11.8 Å². The Bertz CT molecular complexity index is 851. The van der Waals surface area contributed by atoms with E-state index in [2.05, 4.69) is 13.8 Å². The van der Waals surface area contributed by atoms with Crippen molar-refractivity contribution in [2.45, 2.75) is 39.2 Å². The molecule has 1 aliphatic heterocycles. The smallest absolute Gasteiger partial charge is 0.254 e. The summed E-state index contributed by atoms with van der Waals surface area (Å²) in [5.41, 5.74) is 6.85. The standard InChI is InChI=1S/C24H33N3O2/c1-17(2)22(25)13-14-26(3)23(28)19-11-15-27(16-12-19)24(29)21-10-6-8-18-7-4-5-9-20(18)21/h4-10,17,19,22H,11-16,25H2,1-3H3. The SMILES string of the molecule is CC(C)C(N)CCN(C)C(=O)C1CCN(C(=O)c2cccc3ccccc23)CC1. The summed E-state index contributed by atoms with van der Waals surface area (Å²) < 4.78 is 0. The first-order chi connectivity index (χ1) is 13.9. The molecule has 1 atom stereocenters. The van der Waals surface area contributed by atoms with Crippen molar-refractivity contribution in [2.24, 2.45) is 17.6 Å². The van der Waals surface area contributed by atoms with E-state index in [1.165, 1.54) is 0 Å². The molecule has 1 heterocycles. The molecule has 0 radical (unpaired) electrons. The fraction of sp³-hybridized carbons (Fsp3) is 0.500. The van der Waals surface area contributed by atoms with Crippen LogP contribution in [0.5, 0.6) is 0 Å². The van der Waals surface area contributed by atoms with Crippen LogP contribution in [0.25, 0.3) is 10.8 Å². The Morgan fingerprint density at radius 3 is 2.45 bits per heavy atom. The fourth-order valence-corrected chi connectivity index (χ4v) is 4.01. The van der Waals surface area contributed by atoms with Gasteiger partial charge < -0.3 is 15.5 Å². The number of fused-ring (bicyclic) bond motifs is 1. The molecule has 0 aromatic heterocycles. The van der Waals surface area contributed by atoms with E-state index in [-0.39, 0.29) is 23.8 Å². The lowest BCUT2D eigenvalue weighted by Gasteiger charge is -2.33. The number of rotatable bonds is 6. The summed E-state index contributed by atoms with van der Waals surface area (Å²) in [5.74, 6) is 0.649. The van der Waals surface area contributed by atoms with E-state index in [0.29, 0.717) is 25.6 Å². The average Bonchev–Trinajstić information content (AvgIpc) is 2.75. The van der Waals surface area contributed by atoms with Gasteiger partial charge in [0.25, 0.3) is 5.91 Å². The highest BCUT2D eigenvalue weighted by atomic mass is 16.2. The Morgan fingerprint density at radius 1 is 1.10 bits per heavy atom. The van der Waals surface area contributed by atoms with E-state index in [0.717, 1.165) is 35.6 Å². The lowest BCUT2D eigenvalue weighted by molar-refractivity contribution is -0.135. The molecule has 1 fully saturated rings. The molecule has 1 unspecified atom stereocenters. The lowest BCUT2D eigenvalue weighted by Crippen LogP contribution is -2.44. The minimum absolute atomic E-state index is 0.00755. The molecule has 5 nitrogen and oxygen atoms in total. The van der Waals surface area contributed by atoms with Crippen LogP contribution in [0.1, 0.15) is 43.5 Å². The van der Waals surface area contributed by atoms with Gasteiger partial charge in [-0.05, 0) is 42.0 Å². The van der Waals surface area contributed by atoms with Gasteiger partial charge in [-0.3, -0.25) is 9.59 Å². The number of amides is 2. The second kappa shape index (κ2) is 9.40. The minimum atomic E-state index is -0.00755. The highest BCUT2D eigenvalue weighted by molar-refractivity contribution is 6.07. The second-order valence-corrected chi connectivity index (χ2v) is 8.55. The first-order valence-electron chi connectivity index (χ1n) is 10.7. The van der Waals surface area contributed by atoms with Crippen molar-refractivity contribution in [1.82, 2.24) is 9.80 Å². The van der Waals surface area contributed by atoms with E-state index in [1.807, 2.05) is 59.3 Å². The number of carbonyl (C=O) groups excluding carboxylic acids is 2. The molecule has 2 amide bonds. The third-order valence-electron chi connectivity index (χ3n) is 6.18. The Balaban J connectivity index is 1.57. The maximum atomic E-state index is 13.1. The van der Waals surface area contributed by atoms with E-state index >= 15 is 0 Å². The predicted molar refractivity (Wildman–Crippen MR) is 118 cm³/mol. The Morgan fingerprint density at radius 2 is 1.76 bits per heavy atom. The normalized spacial score (nSPS) is 16.2. The van der Waals surface area contributed by atoms with Gasteiger partial charge in [0.2, 0.25) is 5.91 Å². The van der Waals surface area contributed by atoms with Gasteiger partial charge in [0.15, 0.2) is 0 Å². The van der Waals surface area contributed by atoms with Crippen molar-refractivity contribution in [3.05, 3.63) is 48.0 Å². The van der Waals surface area contributed by atoms with Gasteiger partial charge in [-0.1, -0.05) is 50.2 Å².